The Kier molecular flexibility index (Phi) is 6.17. The van der Waals surface area contributed by atoms with Gasteiger partial charge in [-0.1, -0.05) is 35.9 Å². The first-order valence-electron chi connectivity index (χ1n) is 10.7. The molecule has 0 spiro atoms. The van der Waals surface area contributed by atoms with Crippen molar-refractivity contribution < 1.29 is 9.53 Å². The molecule has 1 fully saturated rings. The van der Waals surface area contributed by atoms with Crippen molar-refractivity contribution in [3.63, 3.8) is 0 Å². The minimum absolute atomic E-state index is 0.133. The second kappa shape index (κ2) is 9.16. The van der Waals surface area contributed by atoms with Gasteiger partial charge in [-0.25, -0.2) is 4.98 Å². The molecule has 5 nitrogen and oxygen atoms in total. The normalized spacial score (nSPS) is 16.4. The van der Waals surface area contributed by atoms with Crippen LogP contribution in [0.2, 0.25) is 0 Å². The third-order valence-electron chi connectivity index (χ3n) is 5.68. The highest BCUT2D eigenvalue weighted by Gasteiger charge is 2.33. The van der Waals surface area contributed by atoms with Gasteiger partial charge >= 0.3 is 0 Å². The molecule has 1 amide bonds. The number of imidazole rings is 1. The number of ether oxygens (including phenoxy) is 1. The Hall–Kier alpha value is -3.08. The van der Waals surface area contributed by atoms with Crippen molar-refractivity contribution in [1.82, 2.24) is 14.5 Å². The first-order valence-corrected chi connectivity index (χ1v) is 10.7. The molecule has 5 heteroatoms. The van der Waals surface area contributed by atoms with E-state index in [9.17, 15) is 4.79 Å². The number of likely N-dealkylation sites (tertiary alicyclic amines) is 1. The number of benzene rings is 2. The van der Waals surface area contributed by atoms with Gasteiger partial charge in [0, 0.05) is 32.0 Å². The van der Waals surface area contributed by atoms with Crippen LogP contribution in [-0.4, -0.2) is 40.1 Å². The number of carbonyl (C=O) groups is 1. The van der Waals surface area contributed by atoms with Gasteiger partial charge in [-0.3, -0.25) is 4.79 Å². The van der Waals surface area contributed by atoms with Gasteiger partial charge in [0.15, 0.2) is 0 Å². The van der Waals surface area contributed by atoms with Crippen LogP contribution in [-0.2, 0) is 11.3 Å². The Balaban J connectivity index is 1.42. The zero-order valence-corrected chi connectivity index (χ0v) is 17.6. The number of aryl methyl sites for hydroxylation is 2. The van der Waals surface area contributed by atoms with Crippen LogP contribution in [0.3, 0.4) is 0 Å². The highest BCUT2D eigenvalue weighted by atomic mass is 16.5. The SMILES string of the molecule is C=CCN1CC(c2nc3ccccc3n2CCCCOc2ccc(C)cc2)CC1=O. The summed E-state index contributed by atoms with van der Waals surface area (Å²) in [5.41, 5.74) is 3.37. The van der Waals surface area contributed by atoms with Crippen LogP contribution in [0.25, 0.3) is 11.0 Å². The summed E-state index contributed by atoms with van der Waals surface area (Å²) in [7, 11) is 0. The molecule has 2 aromatic carbocycles. The lowest BCUT2D eigenvalue weighted by Crippen LogP contribution is -2.25. The molecule has 4 rings (SSSR count). The second-order valence-corrected chi connectivity index (χ2v) is 7.97. The minimum atomic E-state index is 0.133. The Morgan fingerprint density at radius 3 is 2.77 bits per heavy atom. The summed E-state index contributed by atoms with van der Waals surface area (Å²) in [6.45, 7) is 8.73. The van der Waals surface area contributed by atoms with E-state index >= 15 is 0 Å². The largest absolute Gasteiger partial charge is 0.494 e. The Labute approximate surface area is 178 Å². The van der Waals surface area contributed by atoms with Crippen LogP contribution in [0.15, 0.2) is 61.2 Å². The van der Waals surface area contributed by atoms with Gasteiger partial charge in [-0.2, -0.15) is 0 Å². The predicted octanol–water partition coefficient (Wildman–Crippen LogP) is 4.71. The Morgan fingerprint density at radius 2 is 1.97 bits per heavy atom. The van der Waals surface area contributed by atoms with E-state index in [0.717, 1.165) is 42.0 Å². The average molecular weight is 404 g/mol. The molecule has 30 heavy (non-hydrogen) atoms. The maximum atomic E-state index is 12.4. The predicted molar refractivity (Wildman–Crippen MR) is 120 cm³/mol. The number of nitrogens with zero attached hydrogens (tertiary/aromatic N) is 3. The summed E-state index contributed by atoms with van der Waals surface area (Å²) in [4.78, 5) is 19.1. The summed E-state index contributed by atoms with van der Waals surface area (Å²) in [5, 5.41) is 0. The number of fused-ring (bicyclic) bond motifs is 1. The number of hydrogen-bond acceptors (Lipinski definition) is 3. The topological polar surface area (TPSA) is 47.4 Å². The Morgan fingerprint density at radius 1 is 1.17 bits per heavy atom. The lowest BCUT2D eigenvalue weighted by atomic mass is 10.1. The molecule has 1 unspecified atom stereocenters. The molecule has 0 bridgehead atoms. The average Bonchev–Trinajstić information content (AvgIpc) is 3.30. The van der Waals surface area contributed by atoms with Crippen molar-refractivity contribution in [2.24, 2.45) is 0 Å². The maximum absolute atomic E-state index is 12.4. The van der Waals surface area contributed by atoms with Gasteiger partial charge in [-0.05, 0) is 44.0 Å². The van der Waals surface area contributed by atoms with E-state index in [4.69, 9.17) is 9.72 Å². The molecule has 1 aromatic heterocycles. The lowest BCUT2D eigenvalue weighted by molar-refractivity contribution is -0.127. The fourth-order valence-electron chi connectivity index (χ4n) is 4.11. The highest BCUT2D eigenvalue weighted by molar-refractivity contribution is 5.81. The molecule has 0 aliphatic carbocycles. The third-order valence-corrected chi connectivity index (χ3v) is 5.68. The van der Waals surface area contributed by atoms with Gasteiger partial charge < -0.3 is 14.2 Å². The van der Waals surface area contributed by atoms with Crippen molar-refractivity contribution in [2.75, 3.05) is 19.7 Å². The van der Waals surface area contributed by atoms with Crippen LogP contribution in [0.4, 0.5) is 0 Å². The van der Waals surface area contributed by atoms with Crippen LogP contribution in [0.5, 0.6) is 5.75 Å². The minimum Gasteiger partial charge on any atom is -0.494 e. The number of aromatic nitrogens is 2. The number of carbonyl (C=O) groups excluding carboxylic acids is 1. The van der Waals surface area contributed by atoms with Crippen molar-refractivity contribution in [3.8, 4) is 5.75 Å². The van der Waals surface area contributed by atoms with Crippen molar-refractivity contribution in [2.45, 2.75) is 38.6 Å². The maximum Gasteiger partial charge on any atom is 0.223 e. The number of rotatable bonds is 9. The summed E-state index contributed by atoms with van der Waals surface area (Å²) in [6, 6.07) is 16.4. The van der Waals surface area contributed by atoms with Gasteiger partial charge in [0.2, 0.25) is 5.91 Å². The van der Waals surface area contributed by atoms with E-state index in [-0.39, 0.29) is 11.8 Å². The molecule has 2 heterocycles. The van der Waals surface area contributed by atoms with Gasteiger partial charge in [0.1, 0.15) is 11.6 Å². The molecule has 3 aromatic rings. The molecule has 0 N–H and O–H groups in total. The van der Waals surface area contributed by atoms with Crippen LogP contribution in [0, 0.1) is 6.92 Å². The molecule has 156 valence electrons. The van der Waals surface area contributed by atoms with E-state index in [1.54, 1.807) is 6.08 Å². The molecule has 1 aliphatic heterocycles. The molecule has 1 atom stereocenters. The zero-order valence-electron chi connectivity index (χ0n) is 17.6. The van der Waals surface area contributed by atoms with Gasteiger partial charge in [-0.15, -0.1) is 6.58 Å². The van der Waals surface area contributed by atoms with E-state index in [0.29, 0.717) is 26.1 Å². The standard InChI is InChI=1S/C25H29N3O2/c1-3-14-27-18-20(17-24(27)29)25-26-22-8-4-5-9-23(22)28(25)15-6-7-16-30-21-12-10-19(2)11-13-21/h3-5,8-13,20H,1,6-7,14-18H2,2H3. The lowest BCUT2D eigenvalue weighted by Gasteiger charge is -2.15. The highest BCUT2D eigenvalue weighted by Crippen LogP contribution is 2.30. The third kappa shape index (κ3) is 4.40. The Bertz CT molecular complexity index is 1020. The van der Waals surface area contributed by atoms with E-state index in [1.807, 2.05) is 29.2 Å². The zero-order chi connectivity index (χ0) is 20.9. The van der Waals surface area contributed by atoms with Crippen LogP contribution in [0.1, 0.15) is 36.6 Å². The second-order valence-electron chi connectivity index (χ2n) is 7.97. The smallest absolute Gasteiger partial charge is 0.223 e. The first-order chi connectivity index (χ1) is 14.7. The number of amides is 1. The van der Waals surface area contributed by atoms with Crippen molar-refractivity contribution in [1.29, 1.82) is 0 Å². The fraction of sp³-hybridized carbons (Fsp3) is 0.360. The number of para-hydroxylation sites is 2. The molecular weight excluding hydrogens is 374 g/mol. The monoisotopic (exact) mass is 403 g/mol. The van der Waals surface area contributed by atoms with E-state index in [1.165, 1.54) is 5.56 Å². The molecule has 1 aliphatic rings. The molecule has 0 radical (unpaired) electrons. The van der Waals surface area contributed by atoms with Gasteiger partial charge in [0.25, 0.3) is 0 Å². The van der Waals surface area contributed by atoms with E-state index < -0.39 is 0 Å². The summed E-state index contributed by atoms with van der Waals surface area (Å²) in [5.74, 6) is 2.26. The molecule has 1 saturated heterocycles. The molecule has 0 saturated carbocycles. The summed E-state index contributed by atoms with van der Waals surface area (Å²) >= 11 is 0. The van der Waals surface area contributed by atoms with Gasteiger partial charge in [0.05, 0.1) is 17.6 Å². The summed E-state index contributed by atoms with van der Waals surface area (Å²) < 4.78 is 8.17. The van der Waals surface area contributed by atoms with Crippen LogP contribution >= 0.6 is 0 Å². The van der Waals surface area contributed by atoms with Crippen LogP contribution < -0.4 is 4.74 Å². The number of hydrogen-bond donors (Lipinski definition) is 0. The van der Waals surface area contributed by atoms with Crippen molar-refractivity contribution in [3.05, 3.63) is 72.6 Å². The number of unbranched alkanes of at least 4 members (excludes halogenated alkanes) is 1. The van der Waals surface area contributed by atoms with Crippen molar-refractivity contribution >= 4 is 16.9 Å². The molecular formula is C25H29N3O2. The fourth-order valence-corrected chi connectivity index (χ4v) is 4.11. The quantitative estimate of drug-likeness (QED) is 0.384. The summed E-state index contributed by atoms with van der Waals surface area (Å²) in [6.07, 6.45) is 4.27. The first kappa shape index (κ1) is 20.2. The van der Waals surface area contributed by atoms with E-state index in [2.05, 4.69) is 42.3 Å².